The highest BCUT2D eigenvalue weighted by molar-refractivity contribution is 9.10. The summed E-state index contributed by atoms with van der Waals surface area (Å²) in [6.45, 7) is 6.08. The zero-order valence-electron chi connectivity index (χ0n) is 13.2. The van der Waals surface area contributed by atoms with Crippen LogP contribution in [0.5, 0.6) is 5.75 Å². The van der Waals surface area contributed by atoms with Crippen LogP contribution in [0.3, 0.4) is 0 Å². The van der Waals surface area contributed by atoms with Gasteiger partial charge < -0.3 is 9.26 Å². The van der Waals surface area contributed by atoms with E-state index in [9.17, 15) is 0 Å². The third-order valence-corrected chi connectivity index (χ3v) is 5.01. The average molecular weight is 365 g/mol. The fourth-order valence-corrected chi connectivity index (χ4v) is 3.94. The van der Waals surface area contributed by atoms with E-state index in [1.165, 1.54) is 24.0 Å². The van der Waals surface area contributed by atoms with Crippen LogP contribution in [0.15, 0.2) is 27.2 Å². The highest BCUT2D eigenvalue weighted by Crippen LogP contribution is 2.37. The fourth-order valence-electron chi connectivity index (χ4n) is 3.35. The maximum atomic E-state index is 5.35. The number of aryl methyl sites for hydroxylation is 2. The van der Waals surface area contributed by atoms with Crippen molar-refractivity contribution in [2.24, 2.45) is 0 Å². The Morgan fingerprint density at radius 3 is 2.86 bits per heavy atom. The van der Waals surface area contributed by atoms with Gasteiger partial charge in [-0.3, -0.25) is 4.90 Å². The molecule has 1 saturated heterocycles. The highest BCUT2D eigenvalue weighted by Gasteiger charge is 2.30. The quantitative estimate of drug-likeness (QED) is 0.805. The van der Waals surface area contributed by atoms with E-state index in [4.69, 9.17) is 9.26 Å². The summed E-state index contributed by atoms with van der Waals surface area (Å²) in [5.41, 5.74) is 3.57. The van der Waals surface area contributed by atoms with Crippen LogP contribution in [0.2, 0.25) is 0 Å². The molecule has 2 aromatic rings. The molecule has 0 aliphatic carbocycles. The lowest BCUT2D eigenvalue weighted by Crippen LogP contribution is -2.23. The van der Waals surface area contributed by atoms with Gasteiger partial charge in [0.2, 0.25) is 0 Å². The summed E-state index contributed by atoms with van der Waals surface area (Å²) >= 11 is 3.57. The molecule has 2 heterocycles. The van der Waals surface area contributed by atoms with Crippen molar-refractivity contribution >= 4 is 15.9 Å². The molecule has 1 fully saturated rings. The maximum Gasteiger partial charge on any atom is 0.138 e. The summed E-state index contributed by atoms with van der Waals surface area (Å²) < 4.78 is 11.7. The smallest absolute Gasteiger partial charge is 0.138 e. The topological polar surface area (TPSA) is 38.5 Å². The first kappa shape index (κ1) is 15.6. The predicted octanol–water partition coefficient (Wildman–Crippen LogP) is 4.40. The summed E-state index contributed by atoms with van der Waals surface area (Å²) in [5.74, 6) is 1.82. The molecular formula is C17H21BrN2O2. The SMILES string of the molecule is COc1ccc(CN2CCCC2c2c(C)noc2C)cc1Br. The number of aromatic nitrogens is 1. The van der Waals surface area contributed by atoms with Crippen LogP contribution in [-0.2, 0) is 6.54 Å². The Balaban J connectivity index is 1.81. The Morgan fingerprint density at radius 1 is 1.41 bits per heavy atom. The van der Waals surface area contributed by atoms with Crippen molar-refractivity contribution in [2.75, 3.05) is 13.7 Å². The first-order valence-corrected chi connectivity index (χ1v) is 8.38. The molecule has 5 heteroatoms. The molecule has 0 bridgehead atoms. The van der Waals surface area contributed by atoms with Crippen molar-refractivity contribution in [2.45, 2.75) is 39.3 Å². The van der Waals surface area contributed by atoms with Gasteiger partial charge in [-0.25, -0.2) is 0 Å². The monoisotopic (exact) mass is 364 g/mol. The number of rotatable bonds is 4. The van der Waals surface area contributed by atoms with Crippen LogP contribution in [0, 0.1) is 13.8 Å². The summed E-state index contributed by atoms with van der Waals surface area (Å²) in [7, 11) is 1.69. The molecular weight excluding hydrogens is 344 g/mol. The van der Waals surface area contributed by atoms with Gasteiger partial charge in [-0.15, -0.1) is 0 Å². The second-order valence-electron chi connectivity index (χ2n) is 5.84. The molecule has 1 atom stereocenters. The lowest BCUT2D eigenvalue weighted by molar-refractivity contribution is 0.245. The normalized spacial score (nSPS) is 18.8. The molecule has 3 rings (SSSR count). The average Bonchev–Trinajstić information content (AvgIpc) is 3.06. The molecule has 1 unspecified atom stereocenters. The minimum absolute atomic E-state index is 0.409. The lowest BCUT2D eigenvalue weighted by atomic mass is 10.0. The second kappa shape index (κ2) is 6.42. The number of halogens is 1. The predicted molar refractivity (Wildman–Crippen MR) is 89.1 cm³/mol. The maximum absolute atomic E-state index is 5.35. The van der Waals surface area contributed by atoms with E-state index in [0.29, 0.717) is 6.04 Å². The molecule has 1 aromatic heterocycles. The van der Waals surface area contributed by atoms with E-state index in [2.05, 4.69) is 38.1 Å². The van der Waals surface area contributed by atoms with Crippen LogP contribution in [0.4, 0.5) is 0 Å². The fraction of sp³-hybridized carbons (Fsp3) is 0.471. The summed E-state index contributed by atoms with van der Waals surface area (Å²) in [5, 5.41) is 4.11. The molecule has 118 valence electrons. The van der Waals surface area contributed by atoms with Crippen LogP contribution in [0.25, 0.3) is 0 Å². The van der Waals surface area contributed by atoms with Gasteiger partial charge in [0, 0.05) is 18.2 Å². The third-order valence-electron chi connectivity index (χ3n) is 4.39. The number of methoxy groups -OCH3 is 1. The van der Waals surface area contributed by atoms with E-state index in [1.54, 1.807) is 7.11 Å². The van der Waals surface area contributed by atoms with Crippen molar-refractivity contribution in [3.8, 4) is 5.75 Å². The van der Waals surface area contributed by atoms with Gasteiger partial charge in [0.15, 0.2) is 0 Å². The highest BCUT2D eigenvalue weighted by atomic mass is 79.9. The summed E-state index contributed by atoms with van der Waals surface area (Å²) in [6, 6.07) is 6.70. The Bertz CT molecular complexity index is 649. The molecule has 1 aromatic carbocycles. The molecule has 22 heavy (non-hydrogen) atoms. The molecule has 1 aliphatic heterocycles. The van der Waals surface area contributed by atoms with Gasteiger partial charge in [-0.05, 0) is 66.9 Å². The van der Waals surface area contributed by atoms with Gasteiger partial charge in [-0.2, -0.15) is 0 Å². The van der Waals surface area contributed by atoms with E-state index in [-0.39, 0.29) is 0 Å². The number of benzene rings is 1. The van der Waals surface area contributed by atoms with Crippen LogP contribution in [0.1, 0.15) is 41.5 Å². The van der Waals surface area contributed by atoms with E-state index in [0.717, 1.165) is 34.8 Å². The van der Waals surface area contributed by atoms with Crippen molar-refractivity contribution < 1.29 is 9.26 Å². The van der Waals surface area contributed by atoms with Gasteiger partial charge in [0.1, 0.15) is 11.5 Å². The standard InChI is InChI=1S/C17H21BrN2O2/c1-11-17(12(2)22-19-11)15-5-4-8-20(15)10-13-6-7-16(21-3)14(18)9-13/h6-7,9,15H,4-5,8,10H2,1-3H3. The zero-order chi connectivity index (χ0) is 15.7. The Labute approximate surface area is 139 Å². The second-order valence-corrected chi connectivity index (χ2v) is 6.69. The van der Waals surface area contributed by atoms with Gasteiger partial charge >= 0.3 is 0 Å². The number of hydrogen-bond donors (Lipinski definition) is 0. The Morgan fingerprint density at radius 2 is 2.23 bits per heavy atom. The van der Waals surface area contributed by atoms with Gasteiger partial charge in [0.05, 0.1) is 17.3 Å². The minimum atomic E-state index is 0.409. The number of ether oxygens (including phenoxy) is 1. The lowest BCUT2D eigenvalue weighted by Gasteiger charge is -2.24. The van der Waals surface area contributed by atoms with E-state index >= 15 is 0 Å². The number of nitrogens with zero attached hydrogens (tertiary/aromatic N) is 2. The van der Waals surface area contributed by atoms with Crippen LogP contribution >= 0.6 is 15.9 Å². The van der Waals surface area contributed by atoms with E-state index < -0.39 is 0 Å². The summed E-state index contributed by atoms with van der Waals surface area (Å²) in [6.07, 6.45) is 2.38. The van der Waals surface area contributed by atoms with Crippen molar-refractivity contribution in [1.82, 2.24) is 10.1 Å². The molecule has 1 aliphatic rings. The molecule has 0 amide bonds. The van der Waals surface area contributed by atoms with Gasteiger partial charge in [0.25, 0.3) is 0 Å². The van der Waals surface area contributed by atoms with Crippen molar-refractivity contribution in [1.29, 1.82) is 0 Å². The first-order chi connectivity index (χ1) is 10.6. The molecule has 0 radical (unpaired) electrons. The molecule has 4 nitrogen and oxygen atoms in total. The Kier molecular flexibility index (Phi) is 4.54. The molecule has 0 spiro atoms. The van der Waals surface area contributed by atoms with Crippen LogP contribution in [-0.4, -0.2) is 23.7 Å². The minimum Gasteiger partial charge on any atom is -0.496 e. The third kappa shape index (κ3) is 2.92. The first-order valence-electron chi connectivity index (χ1n) is 7.59. The van der Waals surface area contributed by atoms with E-state index in [1.807, 2.05) is 19.9 Å². The van der Waals surface area contributed by atoms with Gasteiger partial charge in [-0.1, -0.05) is 11.2 Å². The van der Waals surface area contributed by atoms with Crippen molar-refractivity contribution in [3.63, 3.8) is 0 Å². The molecule has 0 N–H and O–H groups in total. The summed E-state index contributed by atoms with van der Waals surface area (Å²) in [4.78, 5) is 2.51. The van der Waals surface area contributed by atoms with Crippen molar-refractivity contribution in [3.05, 3.63) is 45.3 Å². The number of hydrogen-bond acceptors (Lipinski definition) is 4. The zero-order valence-corrected chi connectivity index (χ0v) is 14.8. The largest absolute Gasteiger partial charge is 0.496 e. The Hall–Kier alpha value is -1.33. The number of likely N-dealkylation sites (tertiary alicyclic amines) is 1. The molecule has 0 saturated carbocycles. The van der Waals surface area contributed by atoms with Crippen LogP contribution < -0.4 is 4.74 Å².